The summed E-state index contributed by atoms with van der Waals surface area (Å²) in [6.07, 6.45) is -0.550. The second-order valence-corrected chi connectivity index (χ2v) is 3.69. The van der Waals surface area contributed by atoms with Gasteiger partial charge in [-0.1, -0.05) is 0 Å². The lowest BCUT2D eigenvalue weighted by molar-refractivity contribution is -0.120. The number of aliphatic hydroxyl groups is 1. The first-order valence-electron chi connectivity index (χ1n) is 4.47. The van der Waals surface area contributed by atoms with E-state index in [0.717, 1.165) is 0 Å². The molecule has 0 saturated heterocycles. The largest absolute Gasteiger partial charge is 0.392 e. The Hall–Kier alpha value is -1.12. The predicted octanol–water partition coefficient (Wildman–Crippen LogP) is -0.625. The summed E-state index contributed by atoms with van der Waals surface area (Å²) in [5.74, 6) is -0.250. The Morgan fingerprint density at radius 1 is 1.64 bits per heavy atom. The van der Waals surface area contributed by atoms with E-state index in [4.69, 9.17) is 5.26 Å². The van der Waals surface area contributed by atoms with Gasteiger partial charge in [0, 0.05) is 5.54 Å². The maximum Gasteiger partial charge on any atom is 0.234 e. The second kappa shape index (κ2) is 5.58. The topological polar surface area (TPSA) is 85.2 Å². The van der Waals surface area contributed by atoms with Crippen LogP contribution >= 0.6 is 0 Å². The molecule has 0 spiro atoms. The summed E-state index contributed by atoms with van der Waals surface area (Å²) >= 11 is 0. The van der Waals surface area contributed by atoms with Crippen LogP contribution in [0.1, 0.15) is 20.8 Å². The fourth-order valence-corrected chi connectivity index (χ4v) is 0.656. The zero-order valence-corrected chi connectivity index (χ0v) is 8.79. The lowest BCUT2D eigenvalue weighted by Gasteiger charge is -2.29. The molecule has 0 aliphatic rings. The lowest BCUT2D eigenvalue weighted by Crippen LogP contribution is -2.51. The van der Waals surface area contributed by atoms with E-state index in [1.54, 1.807) is 20.8 Å². The van der Waals surface area contributed by atoms with Crippen LogP contribution in [0.4, 0.5) is 0 Å². The molecule has 0 bridgehead atoms. The van der Waals surface area contributed by atoms with Crippen molar-refractivity contribution in [2.45, 2.75) is 32.4 Å². The van der Waals surface area contributed by atoms with Gasteiger partial charge in [-0.05, 0) is 20.8 Å². The molecule has 0 aromatic rings. The van der Waals surface area contributed by atoms with Crippen LogP contribution in [0.15, 0.2) is 0 Å². The number of nitrogens with one attached hydrogen (secondary N) is 2. The molecule has 0 radical (unpaired) electrons. The Kier molecular flexibility index (Phi) is 5.13. The van der Waals surface area contributed by atoms with E-state index in [0.29, 0.717) is 0 Å². The van der Waals surface area contributed by atoms with E-state index in [9.17, 15) is 9.90 Å². The van der Waals surface area contributed by atoms with Gasteiger partial charge in [0.15, 0.2) is 0 Å². The number of hydrogen-bond donors (Lipinski definition) is 3. The molecule has 1 unspecified atom stereocenters. The zero-order valence-electron chi connectivity index (χ0n) is 8.79. The summed E-state index contributed by atoms with van der Waals surface area (Å²) in [7, 11) is 0. The van der Waals surface area contributed by atoms with Crippen molar-refractivity contribution in [3.05, 3.63) is 0 Å². The highest BCUT2D eigenvalue weighted by atomic mass is 16.3. The Labute approximate surface area is 84.1 Å². The highest BCUT2D eigenvalue weighted by Crippen LogP contribution is 2.06. The Morgan fingerprint density at radius 2 is 2.21 bits per heavy atom. The van der Waals surface area contributed by atoms with Gasteiger partial charge < -0.3 is 15.7 Å². The number of aliphatic hydroxyl groups excluding tert-OH is 1. The van der Waals surface area contributed by atoms with Crippen molar-refractivity contribution >= 4 is 5.91 Å². The average Bonchev–Trinajstić information content (AvgIpc) is 2.11. The summed E-state index contributed by atoms with van der Waals surface area (Å²) < 4.78 is 0. The fraction of sp³-hybridized carbons (Fsp3) is 0.778. The van der Waals surface area contributed by atoms with Crippen LogP contribution in [-0.2, 0) is 4.79 Å². The number of nitrogens with zero attached hydrogens (tertiary/aromatic N) is 1. The highest BCUT2D eigenvalue weighted by Gasteiger charge is 2.23. The van der Waals surface area contributed by atoms with Crippen LogP contribution < -0.4 is 10.6 Å². The van der Waals surface area contributed by atoms with Gasteiger partial charge in [-0.3, -0.25) is 4.79 Å². The van der Waals surface area contributed by atoms with Crippen molar-refractivity contribution in [3.8, 4) is 6.07 Å². The monoisotopic (exact) mass is 199 g/mol. The summed E-state index contributed by atoms with van der Waals surface area (Å²) in [4.78, 5) is 11.1. The minimum absolute atomic E-state index is 0.00954. The third kappa shape index (κ3) is 4.80. The Balaban J connectivity index is 3.83. The molecule has 0 aromatic heterocycles. The van der Waals surface area contributed by atoms with Gasteiger partial charge in [0.25, 0.3) is 0 Å². The lowest BCUT2D eigenvalue weighted by atomic mass is 9.99. The van der Waals surface area contributed by atoms with Gasteiger partial charge in [-0.25, -0.2) is 0 Å². The maximum absolute atomic E-state index is 11.1. The molecule has 14 heavy (non-hydrogen) atoms. The molecule has 0 aliphatic carbocycles. The molecule has 5 heteroatoms. The molecular formula is C9H17N3O2. The van der Waals surface area contributed by atoms with E-state index in [1.165, 1.54) is 0 Å². The minimum Gasteiger partial charge on any atom is -0.392 e. The highest BCUT2D eigenvalue weighted by molar-refractivity contribution is 5.78. The van der Waals surface area contributed by atoms with Gasteiger partial charge in [0.05, 0.1) is 18.7 Å². The molecule has 80 valence electrons. The smallest absolute Gasteiger partial charge is 0.234 e. The van der Waals surface area contributed by atoms with Crippen molar-refractivity contribution in [2.75, 3.05) is 13.1 Å². The van der Waals surface area contributed by atoms with Gasteiger partial charge in [0.2, 0.25) is 5.91 Å². The average molecular weight is 199 g/mol. The standard InChI is InChI=1S/C9H17N3O2/c1-7(13)9(2,3)12-6-8(14)11-5-4-10/h7,12-13H,5-6H2,1-3H3,(H,11,14). The molecule has 0 fully saturated rings. The summed E-state index contributed by atoms with van der Waals surface area (Å²) in [6.45, 7) is 5.36. The third-order valence-electron chi connectivity index (χ3n) is 2.11. The molecule has 0 heterocycles. The quantitative estimate of drug-likeness (QED) is 0.515. The SMILES string of the molecule is CC(O)C(C)(C)NCC(=O)NCC#N. The van der Waals surface area contributed by atoms with E-state index >= 15 is 0 Å². The van der Waals surface area contributed by atoms with Crippen LogP contribution in [0.3, 0.4) is 0 Å². The zero-order chi connectivity index (χ0) is 11.2. The number of rotatable bonds is 5. The van der Waals surface area contributed by atoms with Crippen molar-refractivity contribution in [1.82, 2.24) is 10.6 Å². The molecule has 0 aliphatic heterocycles. The molecule has 0 saturated carbocycles. The molecule has 5 nitrogen and oxygen atoms in total. The Bertz CT molecular complexity index is 231. The maximum atomic E-state index is 11.1. The number of carbonyl (C=O) groups is 1. The summed E-state index contributed by atoms with van der Waals surface area (Å²) in [5.41, 5.74) is -0.510. The van der Waals surface area contributed by atoms with Crippen molar-refractivity contribution in [1.29, 1.82) is 5.26 Å². The fourth-order valence-electron chi connectivity index (χ4n) is 0.656. The number of carbonyl (C=O) groups excluding carboxylic acids is 1. The third-order valence-corrected chi connectivity index (χ3v) is 2.11. The molecule has 3 N–H and O–H groups in total. The van der Waals surface area contributed by atoms with Gasteiger partial charge >= 0.3 is 0 Å². The van der Waals surface area contributed by atoms with Gasteiger partial charge in [-0.15, -0.1) is 0 Å². The van der Waals surface area contributed by atoms with Crippen LogP contribution in [0.25, 0.3) is 0 Å². The van der Waals surface area contributed by atoms with Crippen molar-refractivity contribution < 1.29 is 9.90 Å². The van der Waals surface area contributed by atoms with E-state index in [1.807, 2.05) is 6.07 Å². The first kappa shape index (κ1) is 12.9. The normalized spacial score (nSPS) is 13.1. The second-order valence-electron chi connectivity index (χ2n) is 3.69. The predicted molar refractivity (Wildman–Crippen MR) is 52.4 cm³/mol. The van der Waals surface area contributed by atoms with Gasteiger partial charge in [0.1, 0.15) is 6.54 Å². The van der Waals surface area contributed by atoms with Gasteiger partial charge in [-0.2, -0.15) is 5.26 Å². The minimum atomic E-state index is -0.550. The first-order valence-corrected chi connectivity index (χ1v) is 4.47. The van der Waals surface area contributed by atoms with Crippen LogP contribution in [-0.4, -0.2) is 35.7 Å². The number of hydrogen-bond acceptors (Lipinski definition) is 4. The van der Waals surface area contributed by atoms with Crippen molar-refractivity contribution in [3.63, 3.8) is 0 Å². The molecular weight excluding hydrogens is 182 g/mol. The van der Waals surface area contributed by atoms with Crippen molar-refractivity contribution in [2.24, 2.45) is 0 Å². The molecule has 1 atom stereocenters. The van der Waals surface area contributed by atoms with E-state index in [-0.39, 0.29) is 19.0 Å². The van der Waals surface area contributed by atoms with E-state index in [2.05, 4.69) is 10.6 Å². The molecule has 0 rings (SSSR count). The number of amides is 1. The molecule has 1 amide bonds. The van der Waals surface area contributed by atoms with Crippen LogP contribution in [0.2, 0.25) is 0 Å². The van der Waals surface area contributed by atoms with E-state index < -0.39 is 11.6 Å². The summed E-state index contributed by atoms with van der Waals surface area (Å²) in [5, 5.41) is 22.8. The molecule has 0 aromatic carbocycles. The Morgan fingerprint density at radius 3 is 2.64 bits per heavy atom. The number of nitriles is 1. The van der Waals surface area contributed by atoms with Crippen LogP contribution in [0, 0.1) is 11.3 Å². The summed E-state index contributed by atoms with van der Waals surface area (Å²) in [6, 6.07) is 1.81. The first-order chi connectivity index (χ1) is 6.40. The van der Waals surface area contributed by atoms with Crippen LogP contribution in [0.5, 0.6) is 0 Å².